The average Bonchev–Trinajstić information content (AvgIpc) is 2.99. The Hall–Kier alpha value is 0.280. The van der Waals surface area contributed by atoms with E-state index in [9.17, 15) is 0 Å². The molecular weight excluding hydrogens is 550 g/mol. The summed E-state index contributed by atoms with van der Waals surface area (Å²) in [5, 5.41) is 0. The summed E-state index contributed by atoms with van der Waals surface area (Å²) in [6.07, 6.45) is 8.52. The molecular formula is C25H33Cl2Hf-3. The summed E-state index contributed by atoms with van der Waals surface area (Å²) in [6.45, 7) is 9.99. The summed E-state index contributed by atoms with van der Waals surface area (Å²) in [7, 11) is 0. The molecule has 2 saturated carbocycles. The molecule has 0 aromatic heterocycles. The molecule has 0 spiro atoms. The van der Waals surface area contributed by atoms with Gasteiger partial charge < -0.3 is 24.8 Å². The molecule has 4 aliphatic carbocycles. The average molecular weight is 583 g/mol. The Morgan fingerprint density at radius 3 is 2.36 bits per heavy atom. The summed E-state index contributed by atoms with van der Waals surface area (Å²) in [5.74, 6) is 6.00. The van der Waals surface area contributed by atoms with E-state index in [1.165, 1.54) is 38.5 Å². The van der Waals surface area contributed by atoms with Gasteiger partial charge in [-0.05, 0) is 30.6 Å². The van der Waals surface area contributed by atoms with Crippen LogP contribution >= 0.6 is 0 Å². The maximum atomic E-state index is 2.51. The first-order valence-corrected chi connectivity index (χ1v) is 10.6. The fourth-order valence-corrected chi connectivity index (χ4v) is 7.01. The van der Waals surface area contributed by atoms with Crippen molar-refractivity contribution in [3.63, 3.8) is 0 Å². The van der Waals surface area contributed by atoms with Gasteiger partial charge in [0.1, 0.15) is 0 Å². The molecule has 28 heavy (non-hydrogen) atoms. The summed E-state index contributed by atoms with van der Waals surface area (Å²) >= 11 is 0. The minimum Gasteiger partial charge on any atom is -1.00 e. The monoisotopic (exact) mass is 583 g/mol. The predicted octanol–water partition coefficient (Wildman–Crippen LogP) is 0.725. The molecule has 0 N–H and O–H groups in total. The molecule has 0 nitrogen and oxygen atoms in total. The van der Waals surface area contributed by atoms with Crippen LogP contribution in [0.4, 0.5) is 0 Å². The van der Waals surface area contributed by atoms with Gasteiger partial charge in [-0.25, -0.2) is 17.1 Å². The van der Waals surface area contributed by atoms with Crippen LogP contribution in [0.2, 0.25) is 0 Å². The standard InChI is InChI=1S/C25H33.2ClH.Hf/c1-15-13-21-19-11-7-8-12-20(19)24-18-10-6-5-9-17(18)14-22(24)23(21)16(2)25(15,3)4;;;/h5-6,9-10,15,19-21,24H,7-8,11-14H2,1-4H3;2*1H;/q-1;;;/p-2. The smallest absolute Gasteiger partial charge is 0 e. The molecule has 1 aromatic carbocycles. The van der Waals surface area contributed by atoms with Gasteiger partial charge in [0.05, 0.1) is 0 Å². The third kappa shape index (κ3) is 3.40. The Balaban J connectivity index is 0.000000934. The first kappa shape index (κ1) is 24.5. The van der Waals surface area contributed by atoms with Crippen molar-refractivity contribution in [1.29, 1.82) is 0 Å². The molecule has 1 aromatic rings. The van der Waals surface area contributed by atoms with Crippen LogP contribution in [-0.2, 0) is 32.3 Å². The quantitative estimate of drug-likeness (QED) is 0.313. The molecule has 5 unspecified atom stereocenters. The second kappa shape index (κ2) is 8.80. The Bertz CT molecular complexity index is 738. The second-order valence-electron chi connectivity index (χ2n) is 9.99. The predicted molar refractivity (Wildman–Crippen MR) is 105 cm³/mol. The summed E-state index contributed by atoms with van der Waals surface area (Å²) < 4.78 is 0. The van der Waals surface area contributed by atoms with E-state index in [-0.39, 0.29) is 50.7 Å². The molecule has 2 fully saturated rings. The number of allylic oxidation sites excluding steroid dienone is 2. The van der Waals surface area contributed by atoms with Crippen LogP contribution in [0.25, 0.3) is 0 Å². The van der Waals surface area contributed by atoms with Crippen LogP contribution in [-0.4, -0.2) is 0 Å². The third-order valence-corrected chi connectivity index (χ3v) is 8.89. The fraction of sp³-hybridized carbons (Fsp3) is 0.640. The molecule has 5 rings (SSSR count). The van der Waals surface area contributed by atoms with E-state index in [1.54, 1.807) is 17.0 Å². The van der Waals surface area contributed by atoms with Crippen molar-refractivity contribution in [2.75, 3.05) is 0 Å². The minimum absolute atomic E-state index is 0. The summed E-state index contributed by atoms with van der Waals surface area (Å²) in [6, 6.07) is 9.38. The number of benzene rings is 1. The fourth-order valence-electron chi connectivity index (χ4n) is 7.01. The number of rotatable bonds is 0. The van der Waals surface area contributed by atoms with E-state index in [2.05, 4.69) is 52.0 Å². The molecule has 0 bridgehead atoms. The van der Waals surface area contributed by atoms with Gasteiger partial charge in [0.25, 0.3) is 0 Å². The Morgan fingerprint density at radius 2 is 1.64 bits per heavy atom. The maximum Gasteiger partial charge on any atom is 0 e. The van der Waals surface area contributed by atoms with Crippen molar-refractivity contribution in [1.82, 2.24) is 0 Å². The minimum atomic E-state index is 0. The molecule has 3 heteroatoms. The molecule has 0 amide bonds. The van der Waals surface area contributed by atoms with Gasteiger partial charge >= 0.3 is 0 Å². The van der Waals surface area contributed by atoms with Crippen molar-refractivity contribution in [3.05, 3.63) is 52.5 Å². The molecule has 0 aliphatic heterocycles. The van der Waals surface area contributed by atoms with Crippen LogP contribution in [0.3, 0.4) is 0 Å². The number of fused-ring (bicyclic) bond motifs is 7. The van der Waals surface area contributed by atoms with Gasteiger partial charge in [-0.1, -0.05) is 99.1 Å². The SMILES string of the molecule is C[C-]1C2=C3Cc4ccccc4C3C3CCCCC3C2CC(C)C1(C)C.[Cl-].[Cl-].[Hf]. The van der Waals surface area contributed by atoms with E-state index in [0.29, 0.717) is 5.41 Å². The Kier molecular flexibility index (Phi) is 7.71. The van der Waals surface area contributed by atoms with Gasteiger partial charge in [-0.3, -0.25) is 0 Å². The van der Waals surface area contributed by atoms with Crippen LogP contribution in [0.1, 0.15) is 76.8 Å². The van der Waals surface area contributed by atoms with E-state index in [4.69, 9.17) is 0 Å². The third-order valence-electron chi connectivity index (χ3n) is 8.89. The van der Waals surface area contributed by atoms with E-state index in [1.807, 2.05) is 11.1 Å². The zero-order valence-corrected chi connectivity index (χ0v) is 22.8. The van der Waals surface area contributed by atoms with E-state index in [0.717, 1.165) is 29.6 Å². The molecule has 154 valence electrons. The van der Waals surface area contributed by atoms with Gasteiger partial charge in [0, 0.05) is 25.8 Å². The van der Waals surface area contributed by atoms with Crippen LogP contribution < -0.4 is 24.8 Å². The molecule has 0 heterocycles. The Morgan fingerprint density at radius 1 is 1.00 bits per heavy atom. The zero-order valence-electron chi connectivity index (χ0n) is 17.7. The van der Waals surface area contributed by atoms with Gasteiger partial charge in [0.2, 0.25) is 0 Å². The van der Waals surface area contributed by atoms with Crippen molar-refractivity contribution in [2.24, 2.45) is 29.1 Å². The van der Waals surface area contributed by atoms with E-state index >= 15 is 0 Å². The van der Waals surface area contributed by atoms with Crippen molar-refractivity contribution < 1.29 is 50.7 Å². The van der Waals surface area contributed by atoms with Gasteiger partial charge in [-0.15, -0.1) is 6.92 Å². The van der Waals surface area contributed by atoms with E-state index < -0.39 is 0 Å². The molecule has 5 atom stereocenters. The number of halogens is 2. The first-order chi connectivity index (χ1) is 12.0. The molecule has 0 saturated heterocycles. The van der Waals surface area contributed by atoms with Crippen LogP contribution in [0.5, 0.6) is 0 Å². The molecule has 4 aliphatic rings. The number of hydrogen-bond donors (Lipinski definition) is 0. The second-order valence-corrected chi connectivity index (χ2v) is 9.99. The summed E-state index contributed by atoms with van der Waals surface area (Å²) in [4.78, 5) is 0. The topological polar surface area (TPSA) is 0 Å². The normalized spacial score (nSPS) is 34.6. The Labute approximate surface area is 203 Å². The van der Waals surface area contributed by atoms with Crippen molar-refractivity contribution in [3.8, 4) is 0 Å². The van der Waals surface area contributed by atoms with Crippen molar-refractivity contribution in [2.45, 2.75) is 72.1 Å². The van der Waals surface area contributed by atoms with Crippen LogP contribution in [0.15, 0.2) is 35.4 Å². The molecule has 0 radical (unpaired) electrons. The van der Waals surface area contributed by atoms with Gasteiger partial charge in [0.15, 0.2) is 0 Å². The largest absolute Gasteiger partial charge is 1.00 e. The first-order valence-electron chi connectivity index (χ1n) is 10.6. The van der Waals surface area contributed by atoms with Crippen molar-refractivity contribution >= 4 is 0 Å². The summed E-state index contributed by atoms with van der Waals surface area (Å²) in [5.41, 5.74) is 7.35. The maximum absolute atomic E-state index is 2.51. The van der Waals surface area contributed by atoms with Crippen LogP contribution in [0, 0.1) is 35.0 Å². The number of hydrogen-bond acceptors (Lipinski definition) is 0. The zero-order chi connectivity index (χ0) is 17.3. The van der Waals surface area contributed by atoms with Gasteiger partial charge in [-0.2, -0.15) is 0 Å².